The topological polar surface area (TPSA) is 54.4 Å². The van der Waals surface area contributed by atoms with Crippen LogP contribution in [0.3, 0.4) is 0 Å². The summed E-state index contributed by atoms with van der Waals surface area (Å²) in [5.41, 5.74) is 0.728. The number of hydrogen-bond donors (Lipinski definition) is 1. The van der Waals surface area contributed by atoms with Gasteiger partial charge in [-0.05, 0) is 12.0 Å². The molecule has 0 saturated carbocycles. The molecule has 0 aliphatic carbocycles. The highest BCUT2D eigenvalue weighted by atomic mass is 16.4. The van der Waals surface area contributed by atoms with Crippen molar-refractivity contribution in [3.63, 3.8) is 0 Å². The van der Waals surface area contributed by atoms with Gasteiger partial charge in [-0.1, -0.05) is 82.2 Å². The minimum absolute atomic E-state index is 0.155. The highest BCUT2D eigenvalue weighted by Crippen LogP contribution is 2.29. The van der Waals surface area contributed by atoms with Crippen molar-refractivity contribution in [1.82, 2.24) is 0 Å². The molecule has 1 aromatic carbocycles. The van der Waals surface area contributed by atoms with Crippen molar-refractivity contribution < 1.29 is 14.7 Å². The fourth-order valence-electron chi connectivity index (χ4n) is 2.73. The normalized spacial score (nSPS) is 11.7. The Morgan fingerprint density at radius 3 is 2.18 bits per heavy atom. The van der Waals surface area contributed by atoms with Crippen LogP contribution in [-0.2, 0) is 9.59 Å². The van der Waals surface area contributed by atoms with Gasteiger partial charge in [0.25, 0.3) is 0 Å². The Balaban J connectivity index is 2.57. The smallest absolute Gasteiger partial charge is 0.343 e. The second-order valence-electron chi connectivity index (χ2n) is 5.69. The summed E-state index contributed by atoms with van der Waals surface area (Å²) < 4.78 is 0. The van der Waals surface area contributed by atoms with Crippen molar-refractivity contribution in [3.8, 4) is 0 Å². The SMILES string of the molecule is CCCCCCCCCC(C(=C=O)C(=O)O)c1ccccc1. The lowest BCUT2D eigenvalue weighted by Crippen LogP contribution is -2.12. The van der Waals surface area contributed by atoms with Crippen LogP contribution >= 0.6 is 0 Å². The summed E-state index contributed by atoms with van der Waals surface area (Å²) in [6, 6.07) is 9.40. The summed E-state index contributed by atoms with van der Waals surface area (Å²) in [7, 11) is 0. The fraction of sp³-hybridized carbons (Fsp3) is 0.526. The number of carbonyl (C=O) groups excluding carboxylic acids is 1. The van der Waals surface area contributed by atoms with E-state index in [1.807, 2.05) is 30.3 Å². The Bertz CT molecular complexity index is 487. The van der Waals surface area contributed by atoms with Crippen LogP contribution in [0, 0.1) is 0 Å². The Morgan fingerprint density at radius 1 is 1.05 bits per heavy atom. The number of carboxylic acid groups (broad SMARTS) is 1. The molecule has 1 atom stereocenters. The van der Waals surface area contributed by atoms with Gasteiger partial charge in [0.2, 0.25) is 0 Å². The van der Waals surface area contributed by atoms with Crippen LogP contribution in [0.2, 0.25) is 0 Å². The summed E-state index contributed by atoms with van der Waals surface area (Å²) in [6.45, 7) is 2.20. The number of benzene rings is 1. The van der Waals surface area contributed by atoms with Gasteiger partial charge in [0.15, 0.2) is 0 Å². The minimum atomic E-state index is -1.16. The lowest BCUT2D eigenvalue weighted by Gasteiger charge is -2.16. The van der Waals surface area contributed by atoms with Crippen LogP contribution < -0.4 is 0 Å². The van der Waals surface area contributed by atoms with Gasteiger partial charge in [0, 0.05) is 5.92 Å². The van der Waals surface area contributed by atoms with E-state index >= 15 is 0 Å². The van der Waals surface area contributed by atoms with E-state index < -0.39 is 5.97 Å². The average molecular weight is 302 g/mol. The molecule has 22 heavy (non-hydrogen) atoms. The van der Waals surface area contributed by atoms with Crippen LogP contribution in [0.5, 0.6) is 0 Å². The maximum atomic E-state index is 11.3. The molecule has 0 amide bonds. The van der Waals surface area contributed by atoms with Crippen LogP contribution in [-0.4, -0.2) is 17.0 Å². The fourth-order valence-corrected chi connectivity index (χ4v) is 2.73. The van der Waals surface area contributed by atoms with E-state index in [-0.39, 0.29) is 11.5 Å². The van der Waals surface area contributed by atoms with Gasteiger partial charge in [-0.15, -0.1) is 0 Å². The summed E-state index contributed by atoms with van der Waals surface area (Å²) in [4.78, 5) is 22.3. The highest BCUT2D eigenvalue weighted by Gasteiger charge is 2.23. The van der Waals surface area contributed by atoms with Crippen molar-refractivity contribution in [1.29, 1.82) is 0 Å². The van der Waals surface area contributed by atoms with Crippen molar-refractivity contribution >= 4 is 11.9 Å². The number of aliphatic carboxylic acids is 1. The number of carbonyl (C=O) groups is 1. The molecule has 1 N–H and O–H groups in total. The van der Waals surface area contributed by atoms with E-state index in [2.05, 4.69) is 6.92 Å². The van der Waals surface area contributed by atoms with Crippen LogP contribution in [0.25, 0.3) is 0 Å². The molecule has 1 unspecified atom stereocenters. The second kappa shape index (κ2) is 10.8. The Labute approximate surface area is 133 Å². The Kier molecular flexibility index (Phi) is 8.94. The zero-order valence-electron chi connectivity index (χ0n) is 13.4. The molecule has 120 valence electrons. The summed E-state index contributed by atoms with van der Waals surface area (Å²) in [5.74, 6) is 0.121. The van der Waals surface area contributed by atoms with Crippen molar-refractivity contribution in [3.05, 3.63) is 41.5 Å². The van der Waals surface area contributed by atoms with Gasteiger partial charge in [0.1, 0.15) is 11.5 Å². The van der Waals surface area contributed by atoms with E-state index in [1.165, 1.54) is 32.1 Å². The molecule has 3 nitrogen and oxygen atoms in total. The quantitative estimate of drug-likeness (QED) is 0.364. The monoisotopic (exact) mass is 302 g/mol. The van der Waals surface area contributed by atoms with Gasteiger partial charge in [-0.2, -0.15) is 0 Å². The molecule has 0 saturated heterocycles. The number of rotatable bonds is 11. The molecule has 1 aromatic rings. The molecular formula is C19H26O3. The van der Waals surface area contributed by atoms with Gasteiger partial charge < -0.3 is 5.11 Å². The van der Waals surface area contributed by atoms with Crippen molar-refractivity contribution in [2.75, 3.05) is 0 Å². The van der Waals surface area contributed by atoms with Crippen molar-refractivity contribution in [2.45, 2.75) is 64.2 Å². The molecule has 0 aromatic heterocycles. The van der Waals surface area contributed by atoms with Crippen molar-refractivity contribution in [2.24, 2.45) is 0 Å². The lowest BCUT2D eigenvalue weighted by atomic mass is 9.87. The van der Waals surface area contributed by atoms with Gasteiger partial charge >= 0.3 is 5.97 Å². The summed E-state index contributed by atoms with van der Waals surface area (Å²) in [5, 5.41) is 9.21. The average Bonchev–Trinajstić information content (AvgIpc) is 2.53. The first kappa shape index (κ1) is 18.2. The highest BCUT2D eigenvalue weighted by molar-refractivity contribution is 5.97. The molecule has 0 aliphatic rings. The van der Waals surface area contributed by atoms with E-state index in [0.717, 1.165) is 18.4 Å². The summed E-state index contributed by atoms with van der Waals surface area (Å²) in [6.07, 6.45) is 8.91. The molecule has 1 rings (SSSR count). The maximum Gasteiger partial charge on any atom is 0.343 e. The molecule has 0 radical (unpaired) electrons. The van der Waals surface area contributed by atoms with E-state index in [0.29, 0.717) is 6.42 Å². The van der Waals surface area contributed by atoms with Crippen LogP contribution in [0.4, 0.5) is 0 Å². The van der Waals surface area contributed by atoms with E-state index in [4.69, 9.17) is 0 Å². The molecule has 3 heteroatoms. The van der Waals surface area contributed by atoms with Crippen LogP contribution in [0.15, 0.2) is 35.9 Å². The van der Waals surface area contributed by atoms with E-state index in [1.54, 1.807) is 5.94 Å². The molecule has 0 aliphatic heterocycles. The maximum absolute atomic E-state index is 11.3. The number of carboxylic acids is 1. The third-order valence-corrected chi connectivity index (χ3v) is 3.99. The third kappa shape index (κ3) is 6.28. The molecule has 0 heterocycles. The first-order valence-electron chi connectivity index (χ1n) is 8.24. The Hall–Kier alpha value is -1.86. The number of hydrogen-bond acceptors (Lipinski definition) is 2. The van der Waals surface area contributed by atoms with Gasteiger partial charge in [-0.25, -0.2) is 9.59 Å². The first-order valence-corrected chi connectivity index (χ1v) is 8.24. The molecule has 0 bridgehead atoms. The second-order valence-corrected chi connectivity index (χ2v) is 5.69. The Morgan fingerprint density at radius 2 is 1.64 bits per heavy atom. The van der Waals surface area contributed by atoms with Gasteiger partial charge in [0.05, 0.1) is 0 Å². The minimum Gasteiger partial charge on any atom is -0.477 e. The lowest BCUT2D eigenvalue weighted by molar-refractivity contribution is -0.132. The number of unbranched alkanes of at least 4 members (excludes halogenated alkanes) is 6. The zero-order valence-corrected chi connectivity index (χ0v) is 13.4. The first-order chi connectivity index (χ1) is 10.7. The summed E-state index contributed by atoms with van der Waals surface area (Å²) >= 11 is 0. The predicted octanol–water partition coefficient (Wildman–Crippen LogP) is 4.75. The zero-order chi connectivity index (χ0) is 16.2. The standard InChI is InChI=1S/C19H26O3/c1-2-3-4-5-6-7-11-14-17(18(15-20)19(21)22)16-12-9-8-10-13-16/h8-10,12-13,17H,2-7,11,14H2,1H3,(H,21,22). The van der Waals surface area contributed by atoms with Crippen LogP contribution in [0.1, 0.15) is 69.8 Å². The largest absolute Gasteiger partial charge is 0.477 e. The molecule has 0 spiro atoms. The molecular weight excluding hydrogens is 276 g/mol. The molecule has 0 fully saturated rings. The van der Waals surface area contributed by atoms with Gasteiger partial charge in [-0.3, -0.25) is 0 Å². The van der Waals surface area contributed by atoms with E-state index in [9.17, 15) is 14.7 Å². The predicted molar refractivity (Wildman–Crippen MR) is 88.6 cm³/mol. The third-order valence-electron chi connectivity index (χ3n) is 3.99.